The molecule has 1 saturated heterocycles. The van der Waals surface area contributed by atoms with Gasteiger partial charge < -0.3 is 15.8 Å². The third-order valence-electron chi connectivity index (χ3n) is 4.62. The monoisotopic (exact) mass is 438 g/mol. The van der Waals surface area contributed by atoms with Crippen LogP contribution in [-0.2, 0) is 4.74 Å². The summed E-state index contributed by atoms with van der Waals surface area (Å²) in [5.41, 5.74) is 6.02. The summed E-state index contributed by atoms with van der Waals surface area (Å²) in [6.07, 6.45) is 9.59. The Labute approximate surface area is 158 Å². The molecule has 2 fully saturated rings. The second-order valence-electron chi connectivity index (χ2n) is 6.97. The van der Waals surface area contributed by atoms with Gasteiger partial charge >= 0.3 is 0 Å². The summed E-state index contributed by atoms with van der Waals surface area (Å²) >= 11 is 0. The van der Waals surface area contributed by atoms with E-state index in [1.807, 2.05) is 0 Å². The molecule has 2 rings (SSSR count). The Hall–Kier alpha value is -0.0800. The molecule has 0 radical (unpaired) electrons. The van der Waals surface area contributed by atoms with Gasteiger partial charge in [-0.05, 0) is 33.1 Å². The number of rotatable bonds is 5. The molecule has 0 amide bonds. The predicted molar refractivity (Wildman–Crippen MR) is 108 cm³/mol. The quantitative estimate of drug-likeness (QED) is 0.228. The first kappa shape index (κ1) is 21.0. The fourth-order valence-electron chi connectivity index (χ4n) is 3.64. The van der Waals surface area contributed by atoms with Crippen molar-refractivity contribution in [2.45, 2.75) is 77.0 Å². The fraction of sp³-hybridized carbons (Fsp3) is 0.941. The normalized spacial score (nSPS) is 28.0. The van der Waals surface area contributed by atoms with E-state index in [0.29, 0.717) is 24.2 Å². The van der Waals surface area contributed by atoms with E-state index < -0.39 is 0 Å². The summed E-state index contributed by atoms with van der Waals surface area (Å²) in [6, 6.07) is 0.534. The first-order chi connectivity index (χ1) is 10.6. The molecule has 0 bridgehead atoms. The molecule has 1 heterocycles. The molecular weight excluding hydrogens is 403 g/mol. The van der Waals surface area contributed by atoms with E-state index in [9.17, 15) is 0 Å². The third-order valence-corrected chi connectivity index (χ3v) is 4.62. The average molecular weight is 438 g/mol. The van der Waals surface area contributed by atoms with Crippen molar-refractivity contribution in [1.82, 2.24) is 10.2 Å². The van der Waals surface area contributed by atoms with Crippen LogP contribution in [0.4, 0.5) is 0 Å². The molecule has 1 aliphatic carbocycles. The lowest BCUT2D eigenvalue weighted by Crippen LogP contribution is -2.45. The van der Waals surface area contributed by atoms with Crippen molar-refractivity contribution >= 4 is 29.9 Å². The first-order valence-electron chi connectivity index (χ1n) is 9.07. The van der Waals surface area contributed by atoms with Crippen LogP contribution in [0.5, 0.6) is 0 Å². The number of hydrogen-bond donors (Lipinski definition) is 2. The molecule has 1 saturated carbocycles. The van der Waals surface area contributed by atoms with Crippen molar-refractivity contribution in [2.75, 3.05) is 26.2 Å². The molecule has 3 N–H and O–H groups in total. The number of nitrogens with zero attached hydrogens (tertiary/aromatic N) is 2. The van der Waals surface area contributed by atoms with Gasteiger partial charge in [0.25, 0.3) is 0 Å². The average Bonchev–Trinajstić information content (AvgIpc) is 2.71. The molecule has 2 unspecified atom stereocenters. The van der Waals surface area contributed by atoms with Crippen molar-refractivity contribution < 1.29 is 4.74 Å². The SMILES string of the molecule is CC1CN(CCCN=C(N)NC2CCCCCC2)CC(C)O1.I. The van der Waals surface area contributed by atoms with Crippen molar-refractivity contribution in [3.8, 4) is 0 Å². The van der Waals surface area contributed by atoms with Gasteiger partial charge in [-0.3, -0.25) is 9.89 Å². The fourth-order valence-corrected chi connectivity index (χ4v) is 3.64. The molecule has 2 aliphatic rings. The highest BCUT2D eigenvalue weighted by molar-refractivity contribution is 14.0. The lowest BCUT2D eigenvalue weighted by molar-refractivity contribution is -0.0679. The van der Waals surface area contributed by atoms with Gasteiger partial charge in [-0.15, -0.1) is 24.0 Å². The Balaban J connectivity index is 0.00000264. The molecule has 0 aromatic rings. The molecule has 0 spiro atoms. The second kappa shape index (κ2) is 11.5. The highest BCUT2D eigenvalue weighted by Crippen LogP contribution is 2.17. The molecule has 23 heavy (non-hydrogen) atoms. The van der Waals surface area contributed by atoms with E-state index in [1.54, 1.807) is 0 Å². The van der Waals surface area contributed by atoms with Gasteiger partial charge in [0, 0.05) is 32.2 Å². The van der Waals surface area contributed by atoms with E-state index in [-0.39, 0.29) is 24.0 Å². The number of nitrogens with two attached hydrogens (primary N) is 1. The van der Waals surface area contributed by atoms with Gasteiger partial charge in [0.1, 0.15) is 0 Å². The maximum Gasteiger partial charge on any atom is 0.188 e. The van der Waals surface area contributed by atoms with Crippen LogP contribution >= 0.6 is 24.0 Å². The number of morpholine rings is 1. The van der Waals surface area contributed by atoms with Crippen LogP contribution in [0.3, 0.4) is 0 Å². The minimum absolute atomic E-state index is 0. The Bertz CT molecular complexity index is 335. The summed E-state index contributed by atoms with van der Waals surface area (Å²) in [5, 5.41) is 3.41. The van der Waals surface area contributed by atoms with E-state index in [4.69, 9.17) is 10.5 Å². The first-order valence-corrected chi connectivity index (χ1v) is 9.07. The smallest absolute Gasteiger partial charge is 0.188 e. The summed E-state index contributed by atoms with van der Waals surface area (Å²) in [6.45, 7) is 8.25. The van der Waals surface area contributed by atoms with Gasteiger partial charge in [-0.2, -0.15) is 0 Å². The molecule has 0 aromatic carbocycles. The van der Waals surface area contributed by atoms with E-state index in [2.05, 4.69) is 29.1 Å². The van der Waals surface area contributed by atoms with Crippen LogP contribution in [0, 0.1) is 0 Å². The van der Waals surface area contributed by atoms with E-state index >= 15 is 0 Å². The molecule has 5 nitrogen and oxygen atoms in total. The summed E-state index contributed by atoms with van der Waals surface area (Å²) < 4.78 is 5.76. The van der Waals surface area contributed by atoms with Gasteiger partial charge in [0.2, 0.25) is 0 Å². The highest BCUT2D eigenvalue weighted by Gasteiger charge is 2.21. The molecular formula is C17H35IN4O. The molecule has 0 aromatic heterocycles. The predicted octanol–water partition coefficient (Wildman–Crippen LogP) is 2.73. The Morgan fingerprint density at radius 3 is 2.35 bits per heavy atom. The van der Waals surface area contributed by atoms with Gasteiger partial charge in [-0.1, -0.05) is 25.7 Å². The van der Waals surface area contributed by atoms with Gasteiger partial charge in [-0.25, -0.2) is 0 Å². The van der Waals surface area contributed by atoms with Gasteiger partial charge in [0.05, 0.1) is 12.2 Å². The summed E-state index contributed by atoms with van der Waals surface area (Å²) in [4.78, 5) is 6.97. The van der Waals surface area contributed by atoms with Crippen LogP contribution in [0.1, 0.15) is 58.8 Å². The second-order valence-corrected chi connectivity index (χ2v) is 6.97. The molecule has 6 heteroatoms. The standard InChI is InChI=1S/C17H34N4O.HI/c1-14-12-21(13-15(2)22-14)11-7-10-19-17(18)20-16-8-5-3-4-6-9-16;/h14-16H,3-13H2,1-2H3,(H3,18,19,20);1H. The van der Waals surface area contributed by atoms with Gasteiger partial charge in [0.15, 0.2) is 5.96 Å². The minimum Gasteiger partial charge on any atom is -0.373 e. The number of nitrogens with one attached hydrogen (secondary N) is 1. The number of guanidine groups is 1. The van der Waals surface area contributed by atoms with E-state index in [1.165, 1.54) is 38.5 Å². The number of halogens is 1. The maximum absolute atomic E-state index is 6.02. The number of hydrogen-bond acceptors (Lipinski definition) is 3. The highest BCUT2D eigenvalue weighted by atomic mass is 127. The molecule has 136 valence electrons. The van der Waals surface area contributed by atoms with Crippen LogP contribution in [-0.4, -0.2) is 55.3 Å². The third kappa shape index (κ3) is 8.54. The van der Waals surface area contributed by atoms with Crippen molar-refractivity contribution in [2.24, 2.45) is 10.7 Å². The number of aliphatic imine (C=N–C) groups is 1. The van der Waals surface area contributed by atoms with Crippen molar-refractivity contribution in [3.63, 3.8) is 0 Å². The summed E-state index contributed by atoms with van der Waals surface area (Å²) in [7, 11) is 0. The lowest BCUT2D eigenvalue weighted by Gasteiger charge is -2.35. The number of ether oxygens (including phenoxy) is 1. The maximum atomic E-state index is 6.02. The zero-order valence-electron chi connectivity index (χ0n) is 14.8. The van der Waals surface area contributed by atoms with Crippen molar-refractivity contribution in [3.05, 3.63) is 0 Å². The largest absolute Gasteiger partial charge is 0.373 e. The van der Waals surface area contributed by atoms with Crippen LogP contribution in [0.15, 0.2) is 4.99 Å². The van der Waals surface area contributed by atoms with E-state index in [0.717, 1.165) is 32.6 Å². The molecule has 1 aliphatic heterocycles. The molecule has 2 atom stereocenters. The van der Waals surface area contributed by atoms with Crippen molar-refractivity contribution in [1.29, 1.82) is 0 Å². The lowest BCUT2D eigenvalue weighted by atomic mass is 10.1. The summed E-state index contributed by atoms with van der Waals surface area (Å²) in [5.74, 6) is 0.635. The Morgan fingerprint density at radius 2 is 1.74 bits per heavy atom. The zero-order valence-corrected chi connectivity index (χ0v) is 17.1. The Morgan fingerprint density at radius 1 is 1.13 bits per heavy atom. The van der Waals surface area contributed by atoms with Crippen LogP contribution in [0.2, 0.25) is 0 Å². The minimum atomic E-state index is 0. The van der Waals surface area contributed by atoms with Crippen LogP contribution < -0.4 is 11.1 Å². The topological polar surface area (TPSA) is 62.9 Å². The Kier molecular flexibility index (Phi) is 10.5. The zero-order chi connectivity index (χ0) is 15.8. The van der Waals surface area contributed by atoms with Crippen LogP contribution in [0.25, 0.3) is 0 Å².